The molecule has 0 N–H and O–H groups in total. The number of amides is 1. The first-order valence-corrected chi connectivity index (χ1v) is 9.05. The highest BCUT2D eigenvalue weighted by Gasteiger charge is 2.36. The van der Waals surface area contributed by atoms with E-state index >= 15 is 0 Å². The molecule has 1 amide bonds. The van der Waals surface area contributed by atoms with Crippen LogP contribution in [-0.2, 0) is 27.3 Å². The molecule has 2 aromatic carbocycles. The number of hydrogen-bond acceptors (Lipinski definition) is 5. The normalized spacial score (nSPS) is 20.6. The van der Waals surface area contributed by atoms with E-state index in [9.17, 15) is 9.59 Å². The minimum absolute atomic E-state index is 0.206. The maximum Gasteiger partial charge on any atom is 0.351 e. The fraction of sp³-hybridized carbons (Fsp3) is 0.333. The first kappa shape index (κ1) is 17.4. The van der Waals surface area contributed by atoms with E-state index in [0.717, 1.165) is 12.0 Å². The van der Waals surface area contributed by atoms with E-state index in [0.29, 0.717) is 24.6 Å². The average molecular weight is 367 g/mol. The Hall–Kier alpha value is -3.02. The van der Waals surface area contributed by atoms with Crippen molar-refractivity contribution in [3.63, 3.8) is 0 Å². The van der Waals surface area contributed by atoms with Gasteiger partial charge in [-0.1, -0.05) is 36.4 Å². The first-order valence-electron chi connectivity index (χ1n) is 9.05. The molecule has 140 valence electrons. The topological polar surface area (TPSA) is 65.1 Å². The molecule has 6 nitrogen and oxygen atoms in total. The second-order valence-electron chi connectivity index (χ2n) is 6.75. The summed E-state index contributed by atoms with van der Waals surface area (Å²) in [6, 6.07) is 15.2. The number of fused-ring (bicyclic) bond motifs is 2. The molecule has 0 saturated heterocycles. The fourth-order valence-electron chi connectivity index (χ4n) is 3.39. The number of rotatable bonds is 3. The molecule has 4 rings (SSSR count). The molecule has 0 aliphatic carbocycles. The largest absolute Gasteiger partial charge is 0.482 e. The van der Waals surface area contributed by atoms with Crippen molar-refractivity contribution < 1.29 is 23.8 Å². The van der Waals surface area contributed by atoms with Gasteiger partial charge < -0.3 is 19.1 Å². The smallest absolute Gasteiger partial charge is 0.351 e. The summed E-state index contributed by atoms with van der Waals surface area (Å²) in [6.45, 7) is 2.61. The highest BCUT2D eigenvalue weighted by atomic mass is 16.6. The lowest BCUT2D eigenvalue weighted by atomic mass is 10.00. The molecule has 2 heterocycles. The third-order valence-electron chi connectivity index (χ3n) is 4.90. The second kappa shape index (κ2) is 7.31. The number of hydrogen-bond donors (Lipinski definition) is 0. The van der Waals surface area contributed by atoms with Crippen molar-refractivity contribution in [2.45, 2.75) is 32.1 Å². The Morgan fingerprint density at radius 1 is 1.04 bits per heavy atom. The molecule has 2 unspecified atom stereocenters. The molecule has 0 aromatic heterocycles. The number of nitrogens with zero attached hydrogens (tertiary/aromatic N) is 1. The summed E-state index contributed by atoms with van der Waals surface area (Å²) in [5.74, 6) is 0.291. The van der Waals surface area contributed by atoms with Gasteiger partial charge in [0.1, 0.15) is 6.10 Å². The van der Waals surface area contributed by atoms with Crippen molar-refractivity contribution >= 4 is 11.9 Å². The van der Waals surface area contributed by atoms with Crippen LogP contribution in [0.5, 0.6) is 11.5 Å². The van der Waals surface area contributed by atoms with E-state index in [4.69, 9.17) is 14.2 Å². The Morgan fingerprint density at radius 2 is 1.70 bits per heavy atom. The summed E-state index contributed by atoms with van der Waals surface area (Å²) in [5, 5.41) is 0. The van der Waals surface area contributed by atoms with Crippen LogP contribution in [0.3, 0.4) is 0 Å². The van der Waals surface area contributed by atoms with Crippen molar-refractivity contribution in [1.82, 2.24) is 4.90 Å². The summed E-state index contributed by atoms with van der Waals surface area (Å²) in [5.41, 5.74) is 2.40. The molecule has 0 bridgehead atoms. The zero-order chi connectivity index (χ0) is 18.8. The molecule has 2 aliphatic rings. The molecule has 2 atom stereocenters. The van der Waals surface area contributed by atoms with Crippen LogP contribution in [0.4, 0.5) is 0 Å². The lowest BCUT2D eigenvalue weighted by Gasteiger charge is -2.31. The highest BCUT2D eigenvalue weighted by Crippen LogP contribution is 2.33. The van der Waals surface area contributed by atoms with Crippen LogP contribution in [0.2, 0.25) is 0 Å². The van der Waals surface area contributed by atoms with Crippen molar-refractivity contribution in [2.24, 2.45) is 0 Å². The maximum atomic E-state index is 12.5. The number of para-hydroxylation sites is 2. The van der Waals surface area contributed by atoms with Crippen LogP contribution >= 0.6 is 0 Å². The number of carbonyl (C=O) groups is 2. The Bertz CT molecular complexity index is 865. The number of carbonyl (C=O) groups excluding carboxylic acids is 2. The van der Waals surface area contributed by atoms with Gasteiger partial charge in [0.05, 0.1) is 0 Å². The minimum Gasteiger partial charge on any atom is -0.482 e. The molecule has 6 heteroatoms. The van der Waals surface area contributed by atoms with Gasteiger partial charge >= 0.3 is 5.97 Å². The van der Waals surface area contributed by atoms with Crippen molar-refractivity contribution in [2.75, 3.05) is 13.2 Å². The van der Waals surface area contributed by atoms with E-state index < -0.39 is 18.2 Å². The number of ether oxygens (including phenoxy) is 3. The fourth-order valence-corrected chi connectivity index (χ4v) is 3.39. The van der Waals surface area contributed by atoms with Crippen LogP contribution in [0.25, 0.3) is 0 Å². The monoisotopic (exact) mass is 367 g/mol. The third kappa shape index (κ3) is 3.60. The average Bonchev–Trinajstić information content (AvgIpc) is 2.70. The molecule has 0 fully saturated rings. The summed E-state index contributed by atoms with van der Waals surface area (Å²) < 4.78 is 16.6. The van der Waals surface area contributed by atoms with Gasteiger partial charge in [-0.05, 0) is 36.6 Å². The second-order valence-corrected chi connectivity index (χ2v) is 6.75. The van der Waals surface area contributed by atoms with Gasteiger partial charge in [-0.2, -0.15) is 0 Å². The van der Waals surface area contributed by atoms with Crippen LogP contribution in [-0.4, -0.2) is 42.1 Å². The van der Waals surface area contributed by atoms with E-state index in [-0.39, 0.29) is 12.5 Å². The lowest BCUT2D eigenvalue weighted by Crippen LogP contribution is -2.46. The predicted octanol–water partition coefficient (Wildman–Crippen LogP) is 2.34. The summed E-state index contributed by atoms with van der Waals surface area (Å²) in [7, 11) is 0. The molecule has 0 saturated carbocycles. The van der Waals surface area contributed by atoms with Crippen LogP contribution in [0.15, 0.2) is 48.5 Å². The predicted molar refractivity (Wildman–Crippen MR) is 97.5 cm³/mol. The Kier molecular flexibility index (Phi) is 4.71. The van der Waals surface area contributed by atoms with Gasteiger partial charge in [0.2, 0.25) is 6.10 Å². The van der Waals surface area contributed by atoms with Gasteiger partial charge in [0.25, 0.3) is 5.91 Å². The van der Waals surface area contributed by atoms with Gasteiger partial charge in [-0.15, -0.1) is 0 Å². The van der Waals surface area contributed by atoms with Gasteiger partial charge in [0.15, 0.2) is 18.1 Å². The Balaban J connectivity index is 1.34. The van der Waals surface area contributed by atoms with Crippen LogP contribution in [0.1, 0.15) is 18.1 Å². The quantitative estimate of drug-likeness (QED) is 0.779. The summed E-state index contributed by atoms with van der Waals surface area (Å²) in [4.78, 5) is 26.6. The molecule has 2 aromatic rings. The molecule has 27 heavy (non-hydrogen) atoms. The van der Waals surface area contributed by atoms with Gasteiger partial charge in [-0.3, -0.25) is 4.79 Å². The zero-order valence-corrected chi connectivity index (χ0v) is 15.1. The summed E-state index contributed by atoms with van der Waals surface area (Å²) in [6.07, 6.45) is -0.581. The molecule has 2 aliphatic heterocycles. The third-order valence-corrected chi connectivity index (χ3v) is 4.90. The Labute approximate surface area is 157 Å². The van der Waals surface area contributed by atoms with Gasteiger partial charge in [-0.25, -0.2) is 4.79 Å². The number of esters is 1. The maximum absolute atomic E-state index is 12.5. The van der Waals surface area contributed by atoms with Crippen molar-refractivity contribution in [3.05, 3.63) is 59.7 Å². The highest BCUT2D eigenvalue weighted by molar-refractivity contribution is 5.83. The zero-order valence-electron chi connectivity index (χ0n) is 15.1. The molecule has 0 radical (unpaired) electrons. The van der Waals surface area contributed by atoms with E-state index in [2.05, 4.69) is 6.07 Å². The number of benzene rings is 2. The van der Waals surface area contributed by atoms with Crippen LogP contribution in [0, 0.1) is 0 Å². The summed E-state index contributed by atoms with van der Waals surface area (Å²) >= 11 is 0. The molecule has 0 spiro atoms. The molecular formula is C21H21NO5. The van der Waals surface area contributed by atoms with E-state index in [1.165, 1.54) is 5.56 Å². The lowest BCUT2D eigenvalue weighted by molar-refractivity contribution is -0.163. The van der Waals surface area contributed by atoms with E-state index in [1.807, 2.05) is 24.3 Å². The van der Waals surface area contributed by atoms with Crippen molar-refractivity contribution in [3.8, 4) is 11.5 Å². The van der Waals surface area contributed by atoms with Crippen LogP contribution < -0.4 is 9.47 Å². The Morgan fingerprint density at radius 3 is 2.48 bits per heavy atom. The minimum atomic E-state index is -0.894. The SMILES string of the molecule is CC1Oc2ccccc2OC1C(=O)OCC(=O)N1CCc2ccccc2C1. The first-order chi connectivity index (χ1) is 13.1. The van der Waals surface area contributed by atoms with Gasteiger partial charge in [0, 0.05) is 13.1 Å². The standard InChI is InChI=1S/C21H21NO5/c1-14-20(27-18-9-5-4-8-17(18)26-14)21(24)25-13-19(23)22-11-10-15-6-2-3-7-16(15)12-22/h2-9,14,20H,10-13H2,1H3. The molecular weight excluding hydrogens is 346 g/mol. The van der Waals surface area contributed by atoms with E-state index in [1.54, 1.807) is 30.0 Å². The van der Waals surface area contributed by atoms with Crippen molar-refractivity contribution in [1.29, 1.82) is 0 Å².